The molecule has 7 nitrogen and oxygen atoms in total. The number of amides is 3. The molecule has 0 radical (unpaired) electrons. The Labute approximate surface area is 97.1 Å². The van der Waals surface area contributed by atoms with E-state index in [-0.39, 0.29) is 6.79 Å². The van der Waals surface area contributed by atoms with E-state index in [0.717, 1.165) is 0 Å². The van der Waals surface area contributed by atoms with Crippen LogP contribution in [-0.4, -0.2) is 25.8 Å². The van der Waals surface area contributed by atoms with Gasteiger partial charge in [0.05, 0.1) is 0 Å². The molecule has 0 fully saturated rings. The van der Waals surface area contributed by atoms with Crippen LogP contribution in [0.1, 0.15) is 10.4 Å². The lowest BCUT2D eigenvalue weighted by molar-refractivity contribution is 0.0936. The summed E-state index contributed by atoms with van der Waals surface area (Å²) >= 11 is 0. The number of carbonyl (C=O) groups is 2. The predicted octanol–water partition coefficient (Wildman–Crippen LogP) is -0.0109. The van der Waals surface area contributed by atoms with Crippen LogP contribution in [0.5, 0.6) is 11.5 Å². The van der Waals surface area contributed by atoms with Gasteiger partial charge in [0.25, 0.3) is 5.91 Å². The van der Waals surface area contributed by atoms with Gasteiger partial charge >= 0.3 is 6.03 Å². The van der Waals surface area contributed by atoms with Gasteiger partial charge in [-0.1, -0.05) is 0 Å². The summed E-state index contributed by atoms with van der Waals surface area (Å²) in [5.41, 5.74) is 4.79. The summed E-state index contributed by atoms with van der Waals surface area (Å²) < 4.78 is 10.2. The first-order chi connectivity index (χ1) is 8.20. The average molecular weight is 237 g/mol. The van der Waals surface area contributed by atoms with Crippen LogP contribution in [0.2, 0.25) is 0 Å². The normalized spacial score (nSPS) is 11.8. The maximum Gasteiger partial charge on any atom is 0.333 e. The number of hydrogen-bond donors (Lipinski definition) is 3. The van der Waals surface area contributed by atoms with Crippen LogP contribution in [0.3, 0.4) is 0 Å². The maximum atomic E-state index is 11.6. The molecular formula is C10H11N3O4. The Balaban J connectivity index is 2.02. The van der Waals surface area contributed by atoms with Crippen LogP contribution in [0.25, 0.3) is 0 Å². The molecular weight excluding hydrogens is 226 g/mol. The minimum atomic E-state index is -0.501. The van der Waals surface area contributed by atoms with Crippen molar-refractivity contribution in [3.05, 3.63) is 23.8 Å². The molecule has 3 N–H and O–H groups in total. The Bertz CT molecular complexity index is 461. The van der Waals surface area contributed by atoms with E-state index in [1.54, 1.807) is 18.2 Å². The molecule has 0 saturated heterocycles. The quantitative estimate of drug-likeness (QED) is 0.599. The Morgan fingerprint density at radius 3 is 2.71 bits per heavy atom. The number of ether oxygens (including phenoxy) is 2. The molecule has 0 spiro atoms. The fourth-order valence-corrected chi connectivity index (χ4v) is 1.29. The number of carbonyl (C=O) groups excluding carboxylic acids is 2. The molecule has 1 aromatic rings. The number of rotatable bonds is 1. The first-order valence-corrected chi connectivity index (χ1v) is 4.88. The SMILES string of the molecule is CNC(=O)NNC(=O)c1ccc2c(c1)OCO2. The van der Waals surface area contributed by atoms with Crippen molar-refractivity contribution >= 4 is 11.9 Å². The van der Waals surface area contributed by atoms with Crippen molar-refractivity contribution < 1.29 is 19.1 Å². The summed E-state index contributed by atoms with van der Waals surface area (Å²) in [4.78, 5) is 22.5. The fraction of sp³-hybridized carbons (Fsp3) is 0.200. The number of hydrazine groups is 1. The highest BCUT2D eigenvalue weighted by atomic mass is 16.7. The van der Waals surface area contributed by atoms with Crippen LogP contribution in [0, 0.1) is 0 Å². The number of urea groups is 1. The first-order valence-electron chi connectivity index (χ1n) is 4.88. The summed E-state index contributed by atoms with van der Waals surface area (Å²) in [6.07, 6.45) is 0. The van der Waals surface area contributed by atoms with Gasteiger partial charge in [-0.25, -0.2) is 10.2 Å². The zero-order chi connectivity index (χ0) is 12.3. The van der Waals surface area contributed by atoms with Crippen LogP contribution in [0.4, 0.5) is 4.79 Å². The minimum Gasteiger partial charge on any atom is -0.454 e. The van der Waals surface area contributed by atoms with Crippen LogP contribution < -0.4 is 25.6 Å². The molecule has 0 saturated carbocycles. The summed E-state index contributed by atoms with van der Waals surface area (Å²) in [5, 5.41) is 2.30. The van der Waals surface area contributed by atoms with E-state index in [0.29, 0.717) is 17.1 Å². The third kappa shape index (κ3) is 2.39. The Morgan fingerprint density at radius 2 is 1.94 bits per heavy atom. The number of nitrogens with one attached hydrogen (secondary N) is 3. The highest BCUT2D eigenvalue weighted by Crippen LogP contribution is 2.32. The lowest BCUT2D eigenvalue weighted by atomic mass is 10.2. The van der Waals surface area contributed by atoms with Gasteiger partial charge in [-0.3, -0.25) is 10.2 Å². The maximum absolute atomic E-state index is 11.6. The zero-order valence-electron chi connectivity index (χ0n) is 9.07. The predicted molar refractivity (Wildman–Crippen MR) is 57.6 cm³/mol. The standard InChI is InChI=1S/C10H11N3O4/c1-11-10(15)13-12-9(14)6-2-3-7-8(4-6)17-5-16-7/h2-4H,5H2,1H3,(H,12,14)(H2,11,13,15). The largest absolute Gasteiger partial charge is 0.454 e. The van der Waals surface area contributed by atoms with E-state index in [9.17, 15) is 9.59 Å². The smallest absolute Gasteiger partial charge is 0.333 e. The van der Waals surface area contributed by atoms with E-state index >= 15 is 0 Å². The van der Waals surface area contributed by atoms with Crippen molar-refractivity contribution in [1.82, 2.24) is 16.2 Å². The zero-order valence-corrected chi connectivity index (χ0v) is 9.07. The molecule has 3 amide bonds. The topological polar surface area (TPSA) is 88.7 Å². The second kappa shape index (κ2) is 4.60. The van der Waals surface area contributed by atoms with E-state index in [2.05, 4.69) is 16.2 Å². The monoisotopic (exact) mass is 237 g/mol. The summed E-state index contributed by atoms with van der Waals surface area (Å²) in [6.45, 7) is 0.150. The molecule has 90 valence electrons. The summed E-state index contributed by atoms with van der Waals surface area (Å²) in [5.74, 6) is 0.672. The van der Waals surface area contributed by atoms with E-state index in [1.165, 1.54) is 7.05 Å². The van der Waals surface area contributed by atoms with Gasteiger partial charge < -0.3 is 14.8 Å². The summed E-state index contributed by atoms with van der Waals surface area (Å²) in [7, 11) is 1.45. The third-order valence-corrected chi connectivity index (χ3v) is 2.15. The van der Waals surface area contributed by atoms with Gasteiger partial charge in [-0.2, -0.15) is 0 Å². The van der Waals surface area contributed by atoms with Crippen molar-refractivity contribution in [2.45, 2.75) is 0 Å². The lowest BCUT2D eigenvalue weighted by Gasteiger charge is -2.06. The van der Waals surface area contributed by atoms with Gasteiger partial charge in [0.1, 0.15) is 0 Å². The molecule has 1 aliphatic heterocycles. The van der Waals surface area contributed by atoms with E-state index in [1.807, 2.05) is 0 Å². The first kappa shape index (κ1) is 11.1. The minimum absolute atomic E-state index is 0.150. The molecule has 1 aromatic carbocycles. The molecule has 17 heavy (non-hydrogen) atoms. The van der Waals surface area contributed by atoms with Crippen molar-refractivity contribution in [2.24, 2.45) is 0 Å². The van der Waals surface area contributed by atoms with Gasteiger partial charge in [0.15, 0.2) is 11.5 Å². The number of benzene rings is 1. The molecule has 0 unspecified atom stereocenters. The second-order valence-corrected chi connectivity index (χ2v) is 3.23. The molecule has 0 atom stereocenters. The van der Waals surface area contributed by atoms with Crippen molar-refractivity contribution in [2.75, 3.05) is 13.8 Å². The van der Waals surface area contributed by atoms with E-state index in [4.69, 9.17) is 9.47 Å². The lowest BCUT2D eigenvalue weighted by Crippen LogP contribution is -2.45. The van der Waals surface area contributed by atoms with Gasteiger partial charge in [0, 0.05) is 12.6 Å². The van der Waals surface area contributed by atoms with Crippen LogP contribution in [-0.2, 0) is 0 Å². The molecule has 0 bridgehead atoms. The molecule has 0 aromatic heterocycles. The number of fused-ring (bicyclic) bond motifs is 1. The van der Waals surface area contributed by atoms with Gasteiger partial charge in [0.2, 0.25) is 6.79 Å². The van der Waals surface area contributed by atoms with Crippen molar-refractivity contribution in [3.8, 4) is 11.5 Å². The van der Waals surface area contributed by atoms with Gasteiger partial charge in [-0.05, 0) is 18.2 Å². The van der Waals surface area contributed by atoms with Crippen LogP contribution >= 0.6 is 0 Å². The highest BCUT2D eigenvalue weighted by Gasteiger charge is 2.16. The van der Waals surface area contributed by atoms with Crippen molar-refractivity contribution in [3.63, 3.8) is 0 Å². The molecule has 0 aliphatic carbocycles. The second-order valence-electron chi connectivity index (χ2n) is 3.23. The van der Waals surface area contributed by atoms with E-state index < -0.39 is 11.9 Å². The third-order valence-electron chi connectivity index (χ3n) is 2.15. The molecule has 1 aliphatic rings. The van der Waals surface area contributed by atoms with Crippen LogP contribution in [0.15, 0.2) is 18.2 Å². The fourth-order valence-electron chi connectivity index (χ4n) is 1.29. The number of hydrogen-bond acceptors (Lipinski definition) is 4. The Kier molecular flexibility index (Phi) is 2.99. The highest BCUT2D eigenvalue weighted by molar-refractivity contribution is 5.95. The summed E-state index contributed by atoms with van der Waals surface area (Å²) in [6, 6.07) is 4.26. The van der Waals surface area contributed by atoms with Crippen molar-refractivity contribution in [1.29, 1.82) is 0 Å². The Morgan fingerprint density at radius 1 is 1.18 bits per heavy atom. The molecule has 2 rings (SSSR count). The Hall–Kier alpha value is -2.44. The molecule has 1 heterocycles. The molecule has 7 heteroatoms. The van der Waals surface area contributed by atoms with Gasteiger partial charge in [-0.15, -0.1) is 0 Å². The average Bonchev–Trinajstić information content (AvgIpc) is 2.82.